The first-order valence-electron chi connectivity index (χ1n) is 6.37. The van der Waals surface area contributed by atoms with Crippen molar-refractivity contribution in [3.63, 3.8) is 0 Å². The van der Waals surface area contributed by atoms with Crippen molar-refractivity contribution in [1.29, 1.82) is 0 Å². The Morgan fingerprint density at radius 3 is 2.72 bits per heavy atom. The van der Waals surface area contributed by atoms with E-state index in [1.807, 2.05) is 35.1 Å². The second kappa shape index (κ2) is 6.33. The van der Waals surface area contributed by atoms with E-state index in [2.05, 4.69) is 29.6 Å². The topological polar surface area (TPSA) is 55.9 Å². The molecule has 18 heavy (non-hydrogen) atoms. The summed E-state index contributed by atoms with van der Waals surface area (Å²) in [5.41, 5.74) is 5.30. The molecule has 4 nitrogen and oxygen atoms in total. The number of nitrogens with zero attached hydrogens (tertiary/aromatic N) is 2. The van der Waals surface area contributed by atoms with Crippen LogP contribution in [-0.2, 0) is 13.0 Å². The van der Waals surface area contributed by atoms with Gasteiger partial charge in [0, 0.05) is 12.7 Å². The van der Waals surface area contributed by atoms with Gasteiger partial charge < -0.3 is 0 Å². The van der Waals surface area contributed by atoms with Gasteiger partial charge in [-0.3, -0.25) is 16.0 Å². The Balaban J connectivity index is 2.15. The third-order valence-corrected chi connectivity index (χ3v) is 3.03. The fraction of sp³-hybridized carbons (Fsp3) is 0.357. The van der Waals surface area contributed by atoms with Crippen molar-refractivity contribution in [3.8, 4) is 0 Å². The third-order valence-electron chi connectivity index (χ3n) is 3.03. The molecule has 0 fully saturated rings. The molecule has 0 saturated heterocycles. The first kappa shape index (κ1) is 12.8. The zero-order chi connectivity index (χ0) is 12.8. The maximum Gasteiger partial charge on any atom is 0.0669 e. The monoisotopic (exact) mass is 244 g/mol. The summed E-state index contributed by atoms with van der Waals surface area (Å²) in [6.45, 7) is 3.07. The molecular weight excluding hydrogens is 224 g/mol. The zero-order valence-corrected chi connectivity index (χ0v) is 10.7. The van der Waals surface area contributed by atoms with Gasteiger partial charge in [-0.25, -0.2) is 0 Å². The molecule has 0 amide bonds. The zero-order valence-electron chi connectivity index (χ0n) is 10.7. The third kappa shape index (κ3) is 2.97. The number of rotatable bonds is 6. The smallest absolute Gasteiger partial charge is 0.0669 e. The van der Waals surface area contributed by atoms with Crippen LogP contribution in [0.15, 0.2) is 42.6 Å². The minimum Gasteiger partial charge on any atom is -0.271 e. The summed E-state index contributed by atoms with van der Waals surface area (Å²) in [4.78, 5) is 0. The van der Waals surface area contributed by atoms with E-state index in [9.17, 15) is 0 Å². The molecule has 3 N–H and O–H groups in total. The molecular formula is C14H20N4. The fourth-order valence-electron chi connectivity index (χ4n) is 2.14. The first-order chi connectivity index (χ1) is 8.85. The highest BCUT2D eigenvalue weighted by atomic mass is 15.3. The average Bonchev–Trinajstić information content (AvgIpc) is 2.86. The Bertz CT molecular complexity index is 464. The summed E-state index contributed by atoms with van der Waals surface area (Å²) in [7, 11) is 0. The molecule has 1 aromatic carbocycles. The molecule has 1 heterocycles. The summed E-state index contributed by atoms with van der Waals surface area (Å²) in [5.74, 6) is 5.69. The van der Waals surface area contributed by atoms with Gasteiger partial charge in [0.1, 0.15) is 0 Å². The molecule has 2 rings (SSSR count). The second-order valence-corrected chi connectivity index (χ2v) is 4.39. The Kier molecular flexibility index (Phi) is 4.50. The van der Waals surface area contributed by atoms with Crippen LogP contribution in [0.1, 0.15) is 30.6 Å². The molecule has 96 valence electrons. The van der Waals surface area contributed by atoms with E-state index in [1.54, 1.807) is 0 Å². The molecule has 1 unspecified atom stereocenters. The van der Waals surface area contributed by atoms with E-state index in [1.165, 1.54) is 5.56 Å². The standard InChI is InChI=1S/C14H20N4/c1-2-10-18-14(8-9-16-18)13(17-15)11-12-6-4-3-5-7-12/h3-9,13,17H,2,10-11,15H2,1H3. The van der Waals surface area contributed by atoms with E-state index in [0.29, 0.717) is 0 Å². The Morgan fingerprint density at radius 1 is 1.28 bits per heavy atom. The number of nitrogens with two attached hydrogens (primary N) is 1. The SMILES string of the molecule is CCCn1nccc1C(Cc1ccccc1)NN. The second-order valence-electron chi connectivity index (χ2n) is 4.39. The van der Waals surface area contributed by atoms with Crippen LogP contribution in [0.25, 0.3) is 0 Å². The van der Waals surface area contributed by atoms with E-state index in [0.717, 1.165) is 25.1 Å². The average molecular weight is 244 g/mol. The van der Waals surface area contributed by atoms with E-state index in [4.69, 9.17) is 5.84 Å². The van der Waals surface area contributed by atoms with Crippen molar-refractivity contribution >= 4 is 0 Å². The Hall–Kier alpha value is -1.65. The minimum atomic E-state index is 0.0986. The number of hydrazine groups is 1. The summed E-state index contributed by atoms with van der Waals surface area (Å²) >= 11 is 0. The predicted octanol–water partition coefficient (Wildman–Crippen LogP) is 2.04. The van der Waals surface area contributed by atoms with Gasteiger partial charge in [-0.15, -0.1) is 0 Å². The quantitative estimate of drug-likeness (QED) is 0.604. The number of aryl methyl sites for hydroxylation is 1. The van der Waals surface area contributed by atoms with E-state index in [-0.39, 0.29) is 6.04 Å². The fourth-order valence-corrected chi connectivity index (χ4v) is 2.14. The van der Waals surface area contributed by atoms with Crippen molar-refractivity contribution in [2.45, 2.75) is 32.4 Å². The maximum absolute atomic E-state index is 5.69. The lowest BCUT2D eigenvalue weighted by Gasteiger charge is -2.17. The van der Waals surface area contributed by atoms with Crippen LogP contribution in [0, 0.1) is 0 Å². The molecule has 0 bridgehead atoms. The van der Waals surface area contributed by atoms with Crippen molar-refractivity contribution in [3.05, 3.63) is 53.9 Å². The lowest BCUT2D eigenvalue weighted by Crippen LogP contribution is -2.31. The first-order valence-corrected chi connectivity index (χ1v) is 6.37. The molecule has 0 aliphatic rings. The highest BCUT2D eigenvalue weighted by Gasteiger charge is 2.14. The van der Waals surface area contributed by atoms with E-state index >= 15 is 0 Å². The molecule has 0 radical (unpaired) electrons. The highest BCUT2D eigenvalue weighted by molar-refractivity contribution is 5.19. The molecule has 0 aliphatic heterocycles. The normalized spacial score (nSPS) is 12.6. The van der Waals surface area contributed by atoms with Crippen LogP contribution in [0.3, 0.4) is 0 Å². The molecule has 0 aliphatic carbocycles. The van der Waals surface area contributed by atoms with Crippen molar-refractivity contribution in [1.82, 2.24) is 15.2 Å². The van der Waals surface area contributed by atoms with Crippen LogP contribution in [-0.4, -0.2) is 9.78 Å². The molecule has 1 atom stereocenters. The summed E-state index contributed by atoms with van der Waals surface area (Å²) in [6, 6.07) is 12.5. The van der Waals surface area contributed by atoms with Crippen LogP contribution >= 0.6 is 0 Å². The van der Waals surface area contributed by atoms with Gasteiger partial charge in [0.05, 0.1) is 11.7 Å². The number of hydrogen-bond acceptors (Lipinski definition) is 3. The Morgan fingerprint density at radius 2 is 2.06 bits per heavy atom. The predicted molar refractivity (Wildman–Crippen MR) is 72.7 cm³/mol. The summed E-state index contributed by atoms with van der Waals surface area (Å²) < 4.78 is 2.02. The lowest BCUT2D eigenvalue weighted by molar-refractivity contribution is 0.478. The highest BCUT2D eigenvalue weighted by Crippen LogP contribution is 2.17. The van der Waals surface area contributed by atoms with Crippen molar-refractivity contribution in [2.24, 2.45) is 5.84 Å². The number of aromatic nitrogens is 2. The van der Waals surface area contributed by atoms with Crippen LogP contribution in [0.2, 0.25) is 0 Å². The van der Waals surface area contributed by atoms with Gasteiger partial charge >= 0.3 is 0 Å². The minimum absolute atomic E-state index is 0.0986. The van der Waals surface area contributed by atoms with Gasteiger partial charge in [0.2, 0.25) is 0 Å². The molecule has 0 saturated carbocycles. The maximum atomic E-state index is 5.69. The van der Waals surface area contributed by atoms with Gasteiger partial charge in [-0.1, -0.05) is 37.3 Å². The molecule has 0 spiro atoms. The summed E-state index contributed by atoms with van der Waals surface area (Å²) in [5, 5.41) is 4.34. The van der Waals surface area contributed by atoms with Crippen LogP contribution in [0.4, 0.5) is 0 Å². The van der Waals surface area contributed by atoms with Gasteiger partial charge in [-0.2, -0.15) is 5.10 Å². The number of nitrogens with one attached hydrogen (secondary N) is 1. The molecule has 2 aromatic rings. The van der Waals surface area contributed by atoms with E-state index < -0.39 is 0 Å². The molecule has 4 heteroatoms. The lowest BCUT2D eigenvalue weighted by atomic mass is 10.0. The Labute approximate surface area is 108 Å². The number of hydrogen-bond donors (Lipinski definition) is 2. The number of benzene rings is 1. The van der Waals surface area contributed by atoms with Gasteiger partial charge in [-0.05, 0) is 24.5 Å². The summed E-state index contributed by atoms with van der Waals surface area (Å²) in [6.07, 6.45) is 3.77. The molecule has 1 aromatic heterocycles. The van der Waals surface area contributed by atoms with Crippen LogP contribution in [0.5, 0.6) is 0 Å². The van der Waals surface area contributed by atoms with Crippen LogP contribution < -0.4 is 11.3 Å². The van der Waals surface area contributed by atoms with Gasteiger partial charge in [0.25, 0.3) is 0 Å². The van der Waals surface area contributed by atoms with Crippen molar-refractivity contribution < 1.29 is 0 Å². The van der Waals surface area contributed by atoms with Crippen molar-refractivity contribution in [2.75, 3.05) is 0 Å². The largest absolute Gasteiger partial charge is 0.271 e. The van der Waals surface area contributed by atoms with Gasteiger partial charge in [0.15, 0.2) is 0 Å².